The molecule has 20 heavy (non-hydrogen) atoms. The minimum absolute atomic E-state index is 0.226. The Balaban J connectivity index is 2.85. The summed E-state index contributed by atoms with van der Waals surface area (Å²) in [7, 11) is -3.57. The Kier molecular flexibility index (Phi) is 7.48. The van der Waals surface area contributed by atoms with E-state index in [9.17, 15) is 8.42 Å². The van der Waals surface area contributed by atoms with E-state index in [1.54, 1.807) is 18.2 Å². The first-order valence-corrected chi connectivity index (χ1v) is 9.11. The Morgan fingerprint density at radius 3 is 1.95 bits per heavy atom. The highest BCUT2D eigenvalue weighted by Gasteiger charge is 2.23. The van der Waals surface area contributed by atoms with E-state index in [0.717, 1.165) is 23.5 Å². The first kappa shape index (κ1) is 16.9. The highest BCUT2D eigenvalue weighted by Crippen LogP contribution is 2.16. The standard InChI is InChI=1S/C12H13N3O2S3/c13-10-18-8-6-15(7-9-19-11-14)20(16,17)12-4-2-1-3-5-12/h1-5H,6-9H2. The van der Waals surface area contributed by atoms with Gasteiger partial charge in [0, 0.05) is 24.6 Å². The second kappa shape index (κ2) is 8.88. The van der Waals surface area contributed by atoms with Crippen LogP contribution in [0.1, 0.15) is 0 Å². The van der Waals surface area contributed by atoms with Crippen LogP contribution in [0.2, 0.25) is 0 Å². The lowest BCUT2D eigenvalue weighted by atomic mass is 10.4. The second-order valence-corrected chi connectivity index (χ2v) is 7.29. The number of nitriles is 2. The maximum Gasteiger partial charge on any atom is 0.243 e. The third kappa shape index (κ3) is 5.06. The average Bonchev–Trinajstić information content (AvgIpc) is 2.47. The Morgan fingerprint density at radius 1 is 1.00 bits per heavy atom. The molecule has 0 spiro atoms. The fourth-order valence-corrected chi connectivity index (χ4v) is 3.98. The summed E-state index contributed by atoms with van der Waals surface area (Å²) >= 11 is 2.03. The lowest BCUT2D eigenvalue weighted by molar-refractivity contribution is 0.450. The maximum atomic E-state index is 12.5. The van der Waals surface area contributed by atoms with Gasteiger partial charge in [-0.1, -0.05) is 18.2 Å². The van der Waals surface area contributed by atoms with Crippen LogP contribution < -0.4 is 0 Å². The van der Waals surface area contributed by atoms with Crippen LogP contribution >= 0.6 is 23.5 Å². The van der Waals surface area contributed by atoms with E-state index in [0.29, 0.717) is 11.5 Å². The summed E-state index contributed by atoms with van der Waals surface area (Å²) in [5, 5.41) is 20.9. The third-order valence-electron chi connectivity index (χ3n) is 2.40. The van der Waals surface area contributed by atoms with Crippen molar-refractivity contribution < 1.29 is 8.42 Å². The van der Waals surface area contributed by atoms with Gasteiger partial charge in [-0.2, -0.15) is 14.8 Å². The van der Waals surface area contributed by atoms with Crippen molar-refractivity contribution in [1.82, 2.24) is 4.31 Å². The molecule has 0 aromatic heterocycles. The van der Waals surface area contributed by atoms with Gasteiger partial charge in [-0.25, -0.2) is 8.42 Å². The molecule has 0 heterocycles. The summed E-state index contributed by atoms with van der Waals surface area (Å²) in [5.74, 6) is 0.805. The van der Waals surface area contributed by atoms with Gasteiger partial charge in [-0.15, -0.1) is 0 Å². The van der Waals surface area contributed by atoms with Crippen molar-refractivity contribution in [3.8, 4) is 10.8 Å². The van der Waals surface area contributed by atoms with Gasteiger partial charge in [-0.3, -0.25) is 0 Å². The molecule has 0 radical (unpaired) electrons. The van der Waals surface area contributed by atoms with E-state index < -0.39 is 10.0 Å². The normalized spacial score (nSPS) is 10.9. The second-order valence-electron chi connectivity index (χ2n) is 3.60. The molecule has 0 bridgehead atoms. The van der Waals surface area contributed by atoms with Crippen molar-refractivity contribution in [2.24, 2.45) is 0 Å². The minimum Gasteiger partial charge on any atom is -0.207 e. The number of benzene rings is 1. The summed E-state index contributed by atoms with van der Waals surface area (Å²) in [6.45, 7) is 0.503. The van der Waals surface area contributed by atoms with Gasteiger partial charge in [0.05, 0.1) is 4.90 Å². The molecule has 106 valence electrons. The van der Waals surface area contributed by atoms with Gasteiger partial charge in [-0.05, 0) is 35.7 Å². The van der Waals surface area contributed by atoms with Crippen LogP contribution in [0.25, 0.3) is 0 Å². The van der Waals surface area contributed by atoms with Crippen LogP contribution in [0, 0.1) is 21.3 Å². The summed E-state index contributed by atoms with van der Waals surface area (Å²) in [5.41, 5.74) is 0. The lowest BCUT2D eigenvalue weighted by Gasteiger charge is -2.20. The maximum absolute atomic E-state index is 12.5. The Hall–Kier alpha value is -1.19. The van der Waals surface area contributed by atoms with Crippen molar-refractivity contribution in [3.63, 3.8) is 0 Å². The Bertz CT molecular complexity index is 571. The summed E-state index contributed by atoms with van der Waals surface area (Å²) in [6, 6.07) is 8.16. The van der Waals surface area contributed by atoms with Crippen molar-refractivity contribution in [1.29, 1.82) is 10.5 Å². The largest absolute Gasteiger partial charge is 0.243 e. The van der Waals surface area contributed by atoms with Crippen LogP contribution in [0.15, 0.2) is 35.2 Å². The van der Waals surface area contributed by atoms with Crippen molar-refractivity contribution in [3.05, 3.63) is 30.3 Å². The monoisotopic (exact) mass is 327 g/mol. The van der Waals surface area contributed by atoms with Crippen LogP contribution in [0.3, 0.4) is 0 Å². The van der Waals surface area contributed by atoms with E-state index in [4.69, 9.17) is 10.5 Å². The van der Waals surface area contributed by atoms with Gasteiger partial charge >= 0.3 is 0 Å². The molecule has 0 saturated heterocycles. The number of hydrogen-bond acceptors (Lipinski definition) is 6. The molecular weight excluding hydrogens is 314 g/mol. The molecule has 8 heteroatoms. The van der Waals surface area contributed by atoms with E-state index in [-0.39, 0.29) is 18.0 Å². The number of nitrogens with zero attached hydrogens (tertiary/aromatic N) is 3. The molecule has 0 fully saturated rings. The van der Waals surface area contributed by atoms with Gasteiger partial charge in [0.2, 0.25) is 10.0 Å². The molecule has 0 aliphatic heterocycles. The van der Waals surface area contributed by atoms with Gasteiger partial charge in [0.25, 0.3) is 0 Å². The van der Waals surface area contributed by atoms with Crippen molar-refractivity contribution in [2.75, 3.05) is 24.6 Å². The molecule has 0 amide bonds. The molecule has 0 N–H and O–H groups in total. The number of hydrogen-bond donors (Lipinski definition) is 0. The molecule has 1 aromatic rings. The van der Waals surface area contributed by atoms with Crippen LogP contribution in [0.4, 0.5) is 0 Å². The highest BCUT2D eigenvalue weighted by atomic mass is 32.2. The molecule has 0 atom stereocenters. The third-order valence-corrected chi connectivity index (χ3v) is 5.34. The zero-order valence-electron chi connectivity index (χ0n) is 10.6. The van der Waals surface area contributed by atoms with E-state index >= 15 is 0 Å². The zero-order valence-corrected chi connectivity index (χ0v) is 13.0. The van der Waals surface area contributed by atoms with Crippen molar-refractivity contribution in [2.45, 2.75) is 4.90 Å². The Labute approximate surface area is 127 Å². The van der Waals surface area contributed by atoms with E-state index in [1.165, 1.54) is 16.4 Å². The van der Waals surface area contributed by atoms with E-state index in [1.807, 2.05) is 10.8 Å². The Morgan fingerprint density at radius 2 is 1.50 bits per heavy atom. The molecule has 0 aliphatic rings. The van der Waals surface area contributed by atoms with Crippen LogP contribution in [-0.4, -0.2) is 37.3 Å². The summed E-state index contributed by atoms with van der Waals surface area (Å²) in [4.78, 5) is 0.226. The minimum atomic E-state index is -3.57. The first-order valence-electron chi connectivity index (χ1n) is 5.70. The van der Waals surface area contributed by atoms with Crippen LogP contribution in [0.5, 0.6) is 0 Å². The number of sulfonamides is 1. The SMILES string of the molecule is N#CSCCN(CCSC#N)S(=O)(=O)c1ccccc1. The molecule has 1 aromatic carbocycles. The number of thioether (sulfide) groups is 2. The molecular formula is C12H13N3O2S3. The predicted molar refractivity (Wildman–Crippen MR) is 81.3 cm³/mol. The summed E-state index contributed by atoms with van der Waals surface area (Å²) < 4.78 is 26.2. The smallest absolute Gasteiger partial charge is 0.207 e. The fourth-order valence-electron chi connectivity index (χ4n) is 1.48. The molecule has 1 rings (SSSR count). The summed E-state index contributed by atoms with van der Waals surface area (Å²) in [6.07, 6.45) is 0. The molecule has 5 nitrogen and oxygen atoms in total. The molecule has 0 aliphatic carbocycles. The quantitative estimate of drug-likeness (QED) is 0.537. The lowest BCUT2D eigenvalue weighted by Crippen LogP contribution is -2.34. The molecule has 0 unspecified atom stereocenters. The fraction of sp³-hybridized carbons (Fsp3) is 0.333. The average molecular weight is 327 g/mol. The first-order chi connectivity index (χ1) is 9.62. The van der Waals surface area contributed by atoms with Gasteiger partial charge in [0.15, 0.2) is 0 Å². The van der Waals surface area contributed by atoms with Crippen LogP contribution in [-0.2, 0) is 10.0 Å². The van der Waals surface area contributed by atoms with Gasteiger partial charge < -0.3 is 0 Å². The van der Waals surface area contributed by atoms with Crippen molar-refractivity contribution >= 4 is 33.5 Å². The highest BCUT2D eigenvalue weighted by molar-refractivity contribution is 8.04. The number of thiocyanates is 2. The molecule has 0 saturated carbocycles. The topological polar surface area (TPSA) is 85.0 Å². The van der Waals surface area contributed by atoms with E-state index in [2.05, 4.69) is 0 Å². The number of rotatable bonds is 8. The zero-order chi connectivity index (χ0) is 14.8. The predicted octanol–water partition coefficient (Wildman–Crippen LogP) is 2.11. The van der Waals surface area contributed by atoms with Gasteiger partial charge in [0.1, 0.15) is 10.8 Å².